The molecule has 4 fully saturated rings. The Hall–Kier alpha value is -4.37. The average molecular weight is 890 g/mol. The number of aliphatic hydroxyl groups excluding tert-OH is 4. The molecule has 3 aromatic rings. The predicted octanol–water partition coefficient (Wildman–Crippen LogP) is 2.76. The summed E-state index contributed by atoms with van der Waals surface area (Å²) < 4.78 is 37.9. The summed E-state index contributed by atoms with van der Waals surface area (Å²) in [6, 6.07) is 6.75. The summed E-state index contributed by atoms with van der Waals surface area (Å²) >= 11 is 0. The Balaban J connectivity index is 1.16. The molecule has 1 aromatic heterocycles. The van der Waals surface area contributed by atoms with Gasteiger partial charge in [-0.25, -0.2) is 4.79 Å². The molecule has 0 spiro atoms. The van der Waals surface area contributed by atoms with Crippen molar-refractivity contribution >= 4 is 27.9 Å². The highest BCUT2D eigenvalue weighted by molar-refractivity contribution is 6.31. The Morgan fingerprint density at radius 1 is 0.812 bits per heavy atom. The molecular weight excluding hydrogens is 835 g/mol. The number of ketones is 2. The Morgan fingerprint density at radius 3 is 2.12 bits per heavy atom. The number of carbonyl (C=O) groups is 2. The highest BCUT2D eigenvalue weighted by Gasteiger charge is 2.66. The van der Waals surface area contributed by atoms with Gasteiger partial charge in [-0.05, 0) is 77.0 Å². The molecule has 9 rings (SSSR count). The van der Waals surface area contributed by atoms with Crippen molar-refractivity contribution in [2.24, 2.45) is 5.92 Å². The summed E-state index contributed by atoms with van der Waals surface area (Å²) in [7, 11) is 3.70. The third-order valence-electron chi connectivity index (χ3n) is 14.1. The molecule has 3 saturated heterocycles. The Bertz CT molecular complexity index is 2470. The van der Waals surface area contributed by atoms with E-state index in [4.69, 9.17) is 28.1 Å². The zero-order chi connectivity index (χ0) is 45.9. The van der Waals surface area contributed by atoms with Crippen molar-refractivity contribution in [2.45, 2.75) is 145 Å². The van der Waals surface area contributed by atoms with Crippen LogP contribution in [0, 0.1) is 5.92 Å². The smallest absolute Gasteiger partial charge is 0.344 e. The van der Waals surface area contributed by atoms with Crippen LogP contribution in [0.25, 0.3) is 27.5 Å². The van der Waals surface area contributed by atoms with Gasteiger partial charge in [-0.1, -0.05) is 25.1 Å². The maximum absolute atomic E-state index is 15.1. The van der Waals surface area contributed by atoms with Gasteiger partial charge >= 0.3 is 5.63 Å². The van der Waals surface area contributed by atoms with Crippen molar-refractivity contribution in [3.05, 3.63) is 75.4 Å². The highest BCUT2D eigenvalue weighted by atomic mass is 16.7. The molecular formula is C47H55NO16. The molecule has 4 heterocycles. The van der Waals surface area contributed by atoms with Crippen LogP contribution < -0.4 is 5.63 Å². The Kier molecular flexibility index (Phi) is 11.3. The number of rotatable bonds is 7. The molecule has 3 aliphatic carbocycles. The third-order valence-corrected chi connectivity index (χ3v) is 14.1. The largest absolute Gasteiger partial charge is 0.508 e. The van der Waals surface area contributed by atoms with Crippen LogP contribution in [0.1, 0.15) is 87.6 Å². The van der Waals surface area contributed by atoms with Crippen molar-refractivity contribution in [3.8, 4) is 22.6 Å². The standard InChI is InChI=1S/C47H55NO16/c1-19-13-32(52)47(58)38-25(11-12-46(47,18-19)64-34-15-28(48(5)6)43(22(4)61-34)62-33-17-30(51)40(54)21(3)60-33)41(55)37-36-27(14-26(42(37)56)31-16-29(50)39(53)20(2)59-31)35(45(57)63-44(36)38)23-7-9-24(49)10-8-23/h7-12,14,19-22,28-31,33-34,39-40,43,49-51,53-54,56,58H,13,15-18H2,1-6H3/t19-,20+,21+,22+,28+,29+,30+,31+,33+,34+,39+,40-,43-,46-,47-/m0/s1. The quantitative estimate of drug-likeness (QED) is 0.180. The van der Waals surface area contributed by atoms with E-state index in [1.54, 1.807) is 20.8 Å². The molecule has 15 atom stereocenters. The van der Waals surface area contributed by atoms with Crippen LogP contribution in [0.5, 0.6) is 11.5 Å². The number of Topliss-reactive ketones (excluding diaryl/α,β-unsaturated/α-hetero) is 2. The number of aromatic hydroxyl groups is 2. The summed E-state index contributed by atoms with van der Waals surface area (Å²) in [5, 5.41) is 77.6. The molecule has 0 bridgehead atoms. The van der Waals surface area contributed by atoms with E-state index < -0.39 is 102 Å². The van der Waals surface area contributed by atoms with E-state index in [2.05, 4.69) is 0 Å². The lowest BCUT2D eigenvalue weighted by Crippen LogP contribution is -2.67. The van der Waals surface area contributed by atoms with Gasteiger partial charge in [0.15, 0.2) is 29.7 Å². The minimum absolute atomic E-state index is 0.0360. The van der Waals surface area contributed by atoms with Crippen molar-refractivity contribution in [2.75, 3.05) is 14.1 Å². The highest BCUT2D eigenvalue weighted by Crippen LogP contribution is 2.57. The first kappa shape index (κ1) is 44.8. The zero-order valence-corrected chi connectivity index (χ0v) is 36.3. The molecule has 1 saturated carbocycles. The van der Waals surface area contributed by atoms with Gasteiger partial charge in [-0.3, -0.25) is 9.59 Å². The fourth-order valence-corrected chi connectivity index (χ4v) is 10.8. The molecule has 2 aromatic carbocycles. The first-order valence-corrected chi connectivity index (χ1v) is 21.8. The number of likely N-dealkylation sites (N-methyl/N-ethyl adjacent to an activating group) is 1. The summed E-state index contributed by atoms with van der Waals surface area (Å²) in [5.74, 6) is -2.77. The third kappa shape index (κ3) is 6.99. The number of phenolic OH excluding ortho intramolecular Hbond substituents is 2. The van der Waals surface area contributed by atoms with Crippen LogP contribution in [-0.4, -0.2) is 145 Å². The van der Waals surface area contributed by atoms with Crippen LogP contribution in [0.2, 0.25) is 0 Å². The monoisotopic (exact) mass is 889 g/mol. The molecule has 17 nitrogen and oxygen atoms in total. The molecule has 3 aliphatic heterocycles. The van der Waals surface area contributed by atoms with E-state index in [0.717, 1.165) is 0 Å². The van der Waals surface area contributed by atoms with Gasteiger partial charge in [0.2, 0.25) is 0 Å². The van der Waals surface area contributed by atoms with Gasteiger partial charge in [-0.2, -0.15) is 0 Å². The molecule has 64 heavy (non-hydrogen) atoms. The number of nitrogens with zero attached hydrogens (tertiary/aromatic N) is 1. The topological polar surface area (TPSA) is 255 Å². The molecule has 0 amide bonds. The molecule has 6 aliphatic rings. The van der Waals surface area contributed by atoms with Gasteiger partial charge in [0.25, 0.3) is 0 Å². The predicted molar refractivity (Wildman–Crippen MR) is 226 cm³/mol. The number of allylic oxidation sites excluding steroid dienone is 2. The normalized spacial score (nSPS) is 38.7. The van der Waals surface area contributed by atoms with Crippen molar-refractivity contribution < 1.29 is 73.4 Å². The van der Waals surface area contributed by atoms with Gasteiger partial charge in [-0.15, -0.1) is 0 Å². The summed E-state index contributed by atoms with van der Waals surface area (Å²) in [6.07, 6.45) is -7.48. The summed E-state index contributed by atoms with van der Waals surface area (Å²) in [6.45, 7) is 6.82. The van der Waals surface area contributed by atoms with E-state index in [0.29, 0.717) is 0 Å². The Morgan fingerprint density at radius 2 is 1.47 bits per heavy atom. The van der Waals surface area contributed by atoms with Gasteiger partial charge in [0.05, 0.1) is 47.8 Å². The van der Waals surface area contributed by atoms with Gasteiger partial charge in [0.1, 0.15) is 41.2 Å². The second kappa shape index (κ2) is 16.2. The van der Waals surface area contributed by atoms with Crippen LogP contribution >= 0.6 is 0 Å². The first-order valence-electron chi connectivity index (χ1n) is 21.8. The lowest BCUT2D eigenvalue weighted by molar-refractivity contribution is -0.321. The second-order valence-electron chi connectivity index (χ2n) is 18.7. The minimum Gasteiger partial charge on any atom is -0.508 e. The van der Waals surface area contributed by atoms with Crippen LogP contribution in [-0.2, 0) is 28.5 Å². The fourth-order valence-electron chi connectivity index (χ4n) is 10.8. The number of hydrogen-bond acceptors (Lipinski definition) is 17. The van der Waals surface area contributed by atoms with Crippen LogP contribution in [0.3, 0.4) is 0 Å². The lowest BCUT2D eigenvalue weighted by atomic mass is 9.58. The first-order chi connectivity index (χ1) is 30.2. The minimum atomic E-state index is -2.63. The number of fused-ring (bicyclic) bond motifs is 3. The average Bonchev–Trinajstić information content (AvgIpc) is 3.22. The summed E-state index contributed by atoms with van der Waals surface area (Å²) in [5.41, 5.74) is -5.95. The number of benzene rings is 2. The maximum atomic E-state index is 15.1. The van der Waals surface area contributed by atoms with Crippen molar-refractivity contribution in [1.29, 1.82) is 0 Å². The number of ether oxygens (including phenoxy) is 5. The lowest BCUT2D eigenvalue weighted by Gasteiger charge is -2.54. The number of carbonyl (C=O) groups excluding carboxylic acids is 2. The van der Waals surface area contributed by atoms with E-state index >= 15 is 4.79 Å². The Labute approximate surface area is 368 Å². The maximum Gasteiger partial charge on any atom is 0.344 e. The van der Waals surface area contributed by atoms with Gasteiger partial charge < -0.3 is 68.7 Å². The molecule has 17 heteroatoms. The van der Waals surface area contributed by atoms with Crippen molar-refractivity contribution in [1.82, 2.24) is 4.90 Å². The van der Waals surface area contributed by atoms with Crippen LogP contribution in [0.4, 0.5) is 0 Å². The SMILES string of the molecule is C[C@H]1CC(=O)[C@]2(O)C3=C(C=C[C@]2(O[C@@H]2C[C@@H](N(C)C)[C@@H](O[C@@H]4C[C@@H](O)[C@@H](O)[C@@H](C)O4)[C@@H](C)O2)C1)C(=O)c1c(O)c([C@H]2C[C@@H](O)[C@H](O)[C@@H](C)O2)cc2c(-c4ccc(O)cc4)c(=O)oc3c12. The second-order valence-corrected chi connectivity index (χ2v) is 18.7. The van der Waals surface area contributed by atoms with E-state index in [1.807, 2.05) is 25.9 Å². The van der Waals surface area contributed by atoms with E-state index in [9.17, 15) is 45.3 Å². The van der Waals surface area contributed by atoms with Gasteiger partial charge in [0, 0.05) is 59.2 Å². The molecule has 0 radical (unpaired) electrons. The van der Waals surface area contributed by atoms with E-state index in [-0.39, 0.29) is 99.7 Å². The van der Waals surface area contributed by atoms with Crippen molar-refractivity contribution in [3.63, 3.8) is 0 Å². The zero-order valence-electron chi connectivity index (χ0n) is 36.3. The van der Waals surface area contributed by atoms with E-state index in [1.165, 1.54) is 42.5 Å². The molecule has 7 N–H and O–H groups in total. The molecule has 0 unspecified atom stereocenters. The number of phenols is 2. The fraction of sp³-hybridized carbons (Fsp3) is 0.553. The molecule has 344 valence electrons. The summed E-state index contributed by atoms with van der Waals surface area (Å²) in [4.78, 5) is 46.2. The van der Waals surface area contributed by atoms with Crippen LogP contribution in [0.15, 0.2) is 57.3 Å². The number of hydrogen-bond donors (Lipinski definition) is 7. The number of aliphatic hydroxyl groups is 5.